The quantitative estimate of drug-likeness (QED) is 0.432. The summed E-state index contributed by atoms with van der Waals surface area (Å²) in [5.74, 6) is 0.855. The number of pyridine rings is 1. The first-order chi connectivity index (χ1) is 15.5. The van der Waals surface area contributed by atoms with Crippen molar-refractivity contribution >= 4 is 40.4 Å². The van der Waals surface area contributed by atoms with Crippen LogP contribution in [0.5, 0.6) is 11.8 Å². The summed E-state index contributed by atoms with van der Waals surface area (Å²) in [5, 5.41) is 0.409. The minimum atomic E-state index is -0.686. The van der Waals surface area contributed by atoms with Crippen molar-refractivity contribution in [3.63, 3.8) is 0 Å². The van der Waals surface area contributed by atoms with Crippen LogP contribution in [0.1, 0.15) is 24.8 Å². The van der Waals surface area contributed by atoms with E-state index < -0.39 is 5.54 Å². The van der Waals surface area contributed by atoms with Gasteiger partial charge in [-0.1, -0.05) is 6.57 Å². The molecule has 1 aliphatic carbocycles. The zero-order valence-electron chi connectivity index (χ0n) is 17.2. The van der Waals surface area contributed by atoms with Crippen molar-refractivity contribution in [2.75, 3.05) is 9.80 Å². The lowest BCUT2D eigenvalue weighted by atomic mass is 9.75. The third-order valence-corrected chi connectivity index (χ3v) is 6.20. The maximum Gasteiger partial charge on any atom is 0.321 e. The topological polar surface area (TPSA) is 75.8 Å². The van der Waals surface area contributed by atoms with Gasteiger partial charge in [0.1, 0.15) is 17.5 Å². The van der Waals surface area contributed by atoms with E-state index >= 15 is 0 Å². The fourth-order valence-electron chi connectivity index (χ4n) is 4.11. The van der Waals surface area contributed by atoms with Gasteiger partial charge in [0.25, 0.3) is 11.7 Å². The normalized spacial score (nSPS) is 16.8. The first-order valence-corrected chi connectivity index (χ1v) is 10.5. The van der Waals surface area contributed by atoms with Gasteiger partial charge in [-0.05, 0) is 80.4 Å². The van der Waals surface area contributed by atoms with Crippen molar-refractivity contribution in [3.05, 3.63) is 72.0 Å². The van der Waals surface area contributed by atoms with Crippen molar-refractivity contribution in [3.8, 4) is 11.8 Å². The summed E-state index contributed by atoms with van der Waals surface area (Å²) in [6.45, 7) is 9.01. The van der Waals surface area contributed by atoms with Crippen LogP contribution in [0.2, 0.25) is 0 Å². The van der Waals surface area contributed by atoms with E-state index in [4.69, 9.17) is 23.5 Å². The number of aromatic nitrogens is 3. The Morgan fingerprint density at radius 2 is 1.84 bits per heavy atom. The first kappa shape index (κ1) is 20.0. The molecule has 2 aliphatic rings. The largest absolute Gasteiger partial charge is 0.424 e. The Kier molecular flexibility index (Phi) is 4.79. The molecule has 3 heterocycles. The summed E-state index contributed by atoms with van der Waals surface area (Å²) in [6, 6.07) is 11.2. The number of carbonyl (C=O) groups excluding carboxylic acids is 1. The third-order valence-electron chi connectivity index (χ3n) is 5.84. The van der Waals surface area contributed by atoms with Crippen LogP contribution in [-0.4, -0.2) is 31.5 Å². The monoisotopic (exact) mass is 442 g/mol. The van der Waals surface area contributed by atoms with Crippen LogP contribution < -0.4 is 14.5 Å². The summed E-state index contributed by atoms with van der Waals surface area (Å²) in [6.07, 6.45) is 7.18. The van der Waals surface area contributed by atoms with Gasteiger partial charge in [0.15, 0.2) is 5.11 Å². The Hall–Kier alpha value is -3.90. The lowest BCUT2D eigenvalue weighted by Crippen LogP contribution is -2.55. The Bertz CT molecular complexity index is 1250. The number of nitrogens with zero attached hydrogens (tertiary/aromatic N) is 6. The maximum atomic E-state index is 13.5. The van der Waals surface area contributed by atoms with Crippen LogP contribution in [0.3, 0.4) is 0 Å². The lowest BCUT2D eigenvalue weighted by Gasteiger charge is -2.43. The molecule has 1 aromatic carbocycles. The summed E-state index contributed by atoms with van der Waals surface area (Å²) >= 11 is 5.79. The van der Waals surface area contributed by atoms with Gasteiger partial charge in [0.2, 0.25) is 0 Å². The predicted molar refractivity (Wildman–Crippen MR) is 123 cm³/mol. The molecule has 158 valence electrons. The number of rotatable bonds is 4. The zero-order chi connectivity index (χ0) is 22.3. The molecule has 1 amide bonds. The van der Waals surface area contributed by atoms with E-state index in [2.05, 4.69) is 19.8 Å². The predicted octanol–water partition coefficient (Wildman–Crippen LogP) is 4.58. The highest BCUT2D eigenvalue weighted by Crippen LogP contribution is 2.48. The number of aryl methyl sites for hydroxylation is 1. The molecule has 3 aromatic rings. The van der Waals surface area contributed by atoms with E-state index in [1.54, 1.807) is 36.4 Å². The molecule has 1 saturated heterocycles. The number of hydrogen-bond donors (Lipinski definition) is 0. The summed E-state index contributed by atoms with van der Waals surface area (Å²) in [4.78, 5) is 32.8. The molecule has 1 spiro atoms. The van der Waals surface area contributed by atoms with Crippen molar-refractivity contribution in [1.29, 1.82) is 0 Å². The number of carbonyl (C=O) groups is 1. The minimum Gasteiger partial charge on any atom is -0.424 e. The maximum absolute atomic E-state index is 13.5. The highest BCUT2D eigenvalue weighted by atomic mass is 32.1. The zero-order valence-corrected chi connectivity index (χ0v) is 18.0. The van der Waals surface area contributed by atoms with Crippen molar-refractivity contribution in [2.45, 2.75) is 31.7 Å². The van der Waals surface area contributed by atoms with Crippen molar-refractivity contribution in [2.24, 2.45) is 0 Å². The molecule has 5 rings (SSSR count). The Morgan fingerprint density at radius 1 is 1.12 bits per heavy atom. The average Bonchev–Trinajstić information content (AvgIpc) is 3.02. The summed E-state index contributed by atoms with van der Waals surface area (Å²) in [7, 11) is 0. The third kappa shape index (κ3) is 3.08. The molecule has 1 aliphatic heterocycles. The van der Waals surface area contributed by atoms with Gasteiger partial charge in [0.05, 0.1) is 5.69 Å². The fraction of sp³-hybridized carbons (Fsp3) is 0.217. The molecule has 0 bridgehead atoms. The fourth-order valence-corrected chi connectivity index (χ4v) is 4.58. The van der Waals surface area contributed by atoms with Crippen LogP contribution in [0.15, 0.2) is 55.0 Å². The second-order valence-electron chi connectivity index (χ2n) is 7.72. The van der Waals surface area contributed by atoms with E-state index in [0.717, 1.165) is 24.9 Å². The SMILES string of the molecule is [C-]#[N+]c1ncc(N2C(=O)C3(CCC3)N(c3ccc(Oc4ncccn4)cc3)C2=S)cc1C. The molecule has 2 fully saturated rings. The van der Waals surface area contributed by atoms with Gasteiger partial charge >= 0.3 is 6.01 Å². The minimum absolute atomic E-state index is 0.0523. The molecule has 0 radical (unpaired) electrons. The molecule has 0 N–H and O–H groups in total. The van der Waals surface area contributed by atoms with Crippen LogP contribution in [-0.2, 0) is 4.79 Å². The second kappa shape index (κ2) is 7.66. The first-order valence-electron chi connectivity index (χ1n) is 10.1. The van der Waals surface area contributed by atoms with Crippen LogP contribution >= 0.6 is 12.2 Å². The number of anilines is 2. The van der Waals surface area contributed by atoms with Crippen LogP contribution in [0.4, 0.5) is 17.2 Å². The highest BCUT2D eigenvalue weighted by Gasteiger charge is 2.59. The molecular weight excluding hydrogens is 424 g/mol. The van der Waals surface area contributed by atoms with Gasteiger partial charge < -0.3 is 14.5 Å². The number of benzene rings is 1. The van der Waals surface area contributed by atoms with E-state index in [9.17, 15) is 4.79 Å². The molecular formula is C23H18N6O2S. The van der Waals surface area contributed by atoms with Crippen molar-refractivity contribution < 1.29 is 9.53 Å². The number of thiocarbonyl (C=S) groups is 1. The molecule has 1 saturated carbocycles. The van der Waals surface area contributed by atoms with Gasteiger partial charge in [-0.2, -0.15) is 0 Å². The summed E-state index contributed by atoms with van der Waals surface area (Å²) in [5.41, 5.74) is 1.42. The van der Waals surface area contributed by atoms with Crippen LogP contribution in [0.25, 0.3) is 4.85 Å². The smallest absolute Gasteiger partial charge is 0.321 e. The molecule has 32 heavy (non-hydrogen) atoms. The Balaban J connectivity index is 1.47. The van der Waals surface area contributed by atoms with Gasteiger partial charge in [-0.25, -0.2) is 9.97 Å². The average molecular weight is 443 g/mol. The van der Waals surface area contributed by atoms with E-state index in [0.29, 0.717) is 27.9 Å². The highest BCUT2D eigenvalue weighted by molar-refractivity contribution is 7.81. The second-order valence-corrected chi connectivity index (χ2v) is 8.08. The number of ether oxygens (including phenoxy) is 1. The van der Waals surface area contributed by atoms with E-state index in [1.807, 2.05) is 29.2 Å². The van der Waals surface area contributed by atoms with Gasteiger partial charge in [-0.3, -0.25) is 9.69 Å². The standard InChI is InChI=1S/C23H18N6O2S/c1-15-13-17(14-27-19(15)24-2)28-20(30)23(9-3-10-23)29(22(28)32)16-5-7-18(8-6-16)31-21-25-11-4-12-26-21/h4-8,11-14H,3,9-10H2,1H3. The van der Waals surface area contributed by atoms with Crippen LogP contribution in [0, 0.1) is 13.5 Å². The lowest BCUT2D eigenvalue weighted by molar-refractivity contribution is -0.123. The molecule has 2 aromatic heterocycles. The molecule has 9 heteroatoms. The number of amides is 1. The molecule has 8 nitrogen and oxygen atoms in total. The van der Waals surface area contributed by atoms with Gasteiger partial charge in [0, 0.05) is 18.1 Å². The Morgan fingerprint density at radius 3 is 2.44 bits per heavy atom. The van der Waals surface area contributed by atoms with Crippen molar-refractivity contribution in [1.82, 2.24) is 15.0 Å². The van der Waals surface area contributed by atoms with E-state index in [1.165, 1.54) is 6.20 Å². The molecule has 0 atom stereocenters. The van der Waals surface area contributed by atoms with E-state index in [-0.39, 0.29) is 11.9 Å². The van der Waals surface area contributed by atoms with Gasteiger partial charge in [-0.15, -0.1) is 4.98 Å². The molecule has 0 unspecified atom stereocenters. The number of hydrogen-bond acceptors (Lipinski definition) is 6. The summed E-state index contributed by atoms with van der Waals surface area (Å²) < 4.78 is 5.68. The Labute approximate surface area is 190 Å².